The summed E-state index contributed by atoms with van der Waals surface area (Å²) in [5, 5.41) is 17.6. The van der Waals surface area contributed by atoms with Gasteiger partial charge in [0.05, 0.1) is 17.6 Å². The molecule has 0 aliphatic heterocycles. The fraction of sp³-hybridized carbons (Fsp3) is 0.136. The number of pyridine rings is 1. The number of benzene rings is 1. The molecule has 6 heteroatoms. The second kappa shape index (κ2) is 9.19. The van der Waals surface area contributed by atoms with Crippen LogP contribution in [-0.4, -0.2) is 27.9 Å². The molecule has 1 aromatic carbocycles. The number of hydrogen-bond acceptors (Lipinski definition) is 5. The number of nitrogens with two attached hydrogens (primary N) is 1. The highest BCUT2D eigenvalue weighted by Gasteiger charge is 2.10. The van der Waals surface area contributed by atoms with Gasteiger partial charge in [0.25, 0.3) is 0 Å². The number of nitrogens with one attached hydrogen (secondary N) is 3. The van der Waals surface area contributed by atoms with Crippen LogP contribution < -0.4 is 11.1 Å². The fourth-order valence-electron chi connectivity index (χ4n) is 2.54. The summed E-state index contributed by atoms with van der Waals surface area (Å²) in [7, 11) is 1.83. The van der Waals surface area contributed by atoms with Crippen LogP contribution in [0.1, 0.15) is 33.5 Å². The Kier molecular flexibility index (Phi) is 6.72. The van der Waals surface area contributed by atoms with Crippen molar-refractivity contribution in [1.82, 2.24) is 15.2 Å². The summed E-state index contributed by atoms with van der Waals surface area (Å²) in [6.07, 6.45) is 12.0. The molecular formula is C22H24N6. The molecule has 0 radical (unpaired) electrons. The standard InChI is InChI=1S/C11H13N5.C11H11N/c1-14-8-2-3-10(12)9(4-8)11(13)7-5-15-16-6-7;1-5-10-7-12-11(6-2)9(4)8(10)3/h2-6,13-14H,12H2,1H3,(H,15,16);1,6-7H,2H2,3-4H3. The fourth-order valence-corrected chi connectivity index (χ4v) is 2.54. The van der Waals surface area contributed by atoms with Crippen molar-refractivity contribution >= 4 is 23.2 Å². The number of terminal acetylenes is 1. The van der Waals surface area contributed by atoms with E-state index in [9.17, 15) is 0 Å². The molecule has 0 saturated carbocycles. The molecule has 142 valence electrons. The lowest BCUT2D eigenvalue weighted by Gasteiger charge is -2.08. The highest BCUT2D eigenvalue weighted by atomic mass is 15.1. The van der Waals surface area contributed by atoms with Gasteiger partial charge in [-0.1, -0.05) is 12.5 Å². The Labute approximate surface area is 165 Å². The minimum Gasteiger partial charge on any atom is -0.398 e. The Hall–Kier alpha value is -3.85. The molecule has 2 heterocycles. The first-order valence-corrected chi connectivity index (χ1v) is 8.63. The van der Waals surface area contributed by atoms with E-state index < -0.39 is 0 Å². The van der Waals surface area contributed by atoms with Gasteiger partial charge in [0.15, 0.2) is 0 Å². The SMILES string of the molecule is C#Cc1cnc(C=C)c(C)c1C.CNc1ccc(N)c(C(=N)c2cn[nH]c2)c1. The number of H-pyrrole nitrogens is 1. The van der Waals surface area contributed by atoms with Crippen LogP contribution in [0.2, 0.25) is 0 Å². The predicted octanol–water partition coefficient (Wildman–Crippen LogP) is 3.77. The topological polar surface area (TPSA) is 103 Å². The third kappa shape index (κ3) is 4.46. The van der Waals surface area contributed by atoms with Crippen LogP contribution in [0.25, 0.3) is 6.08 Å². The molecule has 28 heavy (non-hydrogen) atoms. The van der Waals surface area contributed by atoms with Crippen molar-refractivity contribution in [2.45, 2.75) is 13.8 Å². The second-order valence-corrected chi connectivity index (χ2v) is 6.07. The number of hydrogen-bond donors (Lipinski definition) is 4. The summed E-state index contributed by atoms with van der Waals surface area (Å²) in [6, 6.07) is 5.52. The van der Waals surface area contributed by atoms with Gasteiger partial charge in [-0.2, -0.15) is 5.10 Å². The number of nitrogen functional groups attached to an aromatic ring is 1. The van der Waals surface area contributed by atoms with E-state index in [-0.39, 0.29) is 0 Å². The predicted molar refractivity (Wildman–Crippen MR) is 117 cm³/mol. The average Bonchev–Trinajstić information content (AvgIpc) is 3.25. The molecule has 0 unspecified atom stereocenters. The smallest absolute Gasteiger partial charge is 0.0737 e. The largest absolute Gasteiger partial charge is 0.398 e. The third-order valence-corrected chi connectivity index (χ3v) is 4.43. The maximum atomic E-state index is 8.03. The molecule has 0 saturated heterocycles. The molecule has 3 aromatic rings. The Morgan fingerprint density at radius 3 is 2.64 bits per heavy atom. The minimum atomic E-state index is 0.364. The maximum absolute atomic E-state index is 8.03. The summed E-state index contributed by atoms with van der Waals surface area (Å²) in [4.78, 5) is 4.17. The van der Waals surface area contributed by atoms with E-state index in [0.29, 0.717) is 17.0 Å². The Morgan fingerprint density at radius 2 is 2.07 bits per heavy atom. The summed E-state index contributed by atoms with van der Waals surface area (Å²) < 4.78 is 0. The van der Waals surface area contributed by atoms with Crippen molar-refractivity contribution < 1.29 is 0 Å². The first-order chi connectivity index (χ1) is 13.4. The van der Waals surface area contributed by atoms with Crippen LogP contribution in [0.4, 0.5) is 11.4 Å². The van der Waals surface area contributed by atoms with E-state index in [1.807, 2.05) is 33.0 Å². The first kappa shape index (κ1) is 20.5. The molecule has 0 spiro atoms. The van der Waals surface area contributed by atoms with E-state index in [2.05, 4.69) is 33.0 Å². The van der Waals surface area contributed by atoms with Gasteiger partial charge in [-0.05, 0) is 49.2 Å². The number of anilines is 2. The molecule has 6 nitrogen and oxygen atoms in total. The van der Waals surface area contributed by atoms with Gasteiger partial charge in [-0.25, -0.2) is 0 Å². The number of rotatable bonds is 4. The molecule has 0 fully saturated rings. The van der Waals surface area contributed by atoms with Crippen molar-refractivity contribution in [3.63, 3.8) is 0 Å². The average molecular weight is 372 g/mol. The second-order valence-electron chi connectivity index (χ2n) is 6.07. The zero-order chi connectivity index (χ0) is 20.7. The van der Waals surface area contributed by atoms with Crippen molar-refractivity contribution in [3.8, 4) is 12.3 Å². The van der Waals surface area contributed by atoms with E-state index >= 15 is 0 Å². The molecule has 5 N–H and O–H groups in total. The monoisotopic (exact) mass is 372 g/mol. The molecule has 0 aliphatic rings. The van der Waals surface area contributed by atoms with Crippen molar-refractivity contribution in [2.75, 3.05) is 18.1 Å². The maximum Gasteiger partial charge on any atom is 0.0737 e. The van der Waals surface area contributed by atoms with Gasteiger partial charge in [0, 0.05) is 47.5 Å². The summed E-state index contributed by atoms with van der Waals surface area (Å²) in [5.41, 5.74) is 13.1. The molecule has 2 aromatic heterocycles. The summed E-state index contributed by atoms with van der Waals surface area (Å²) >= 11 is 0. The molecule has 3 rings (SSSR count). The number of nitrogens with zero attached hydrogens (tertiary/aromatic N) is 2. The lowest BCUT2D eigenvalue weighted by atomic mass is 10.0. The Bertz CT molecular complexity index is 1030. The summed E-state index contributed by atoms with van der Waals surface area (Å²) in [5.74, 6) is 2.59. The van der Waals surface area contributed by atoms with Gasteiger partial charge in [0.1, 0.15) is 0 Å². The van der Waals surface area contributed by atoms with Crippen LogP contribution in [0.3, 0.4) is 0 Å². The van der Waals surface area contributed by atoms with E-state index in [1.165, 1.54) is 0 Å². The summed E-state index contributed by atoms with van der Waals surface area (Å²) in [6.45, 7) is 7.67. The molecular weight excluding hydrogens is 348 g/mol. The van der Waals surface area contributed by atoms with Crippen LogP contribution in [0.15, 0.2) is 43.4 Å². The van der Waals surface area contributed by atoms with Crippen LogP contribution in [-0.2, 0) is 0 Å². The van der Waals surface area contributed by atoms with Gasteiger partial charge in [-0.3, -0.25) is 15.5 Å². The molecule has 0 amide bonds. The van der Waals surface area contributed by atoms with Gasteiger partial charge >= 0.3 is 0 Å². The van der Waals surface area contributed by atoms with Gasteiger partial charge in [0.2, 0.25) is 0 Å². The van der Waals surface area contributed by atoms with Crippen molar-refractivity contribution in [2.24, 2.45) is 0 Å². The Balaban J connectivity index is 0.000000209. The van der Waals surface area contributed by atoms with Gasteiger partial charge in [-0.15, -0.1) is 6.42 Å². The Morgan fingerprint density at radius 1 is 1.32 bits per heavy atom. The van der Waals surface area contributed by atoms with E-state index in [1.54, 1.807) is 30.7 Å². The zero-order valence-corrected chi connectivity index (χ0v) is 16.3. The van der Waals surface area contributed by atoms with Crippen LogP contribution >= 0.6 is 0 Å². The third-order valence-electron chi connectivity index (χ3n) is 4.43. The van der Waals surface area contributed by atoms with E-state index in [4.69, 9.17) is 17.6 Å². The molecule has 0 aliphatic carbocycles. The normalized spacial score (nSPS) is 9.64. The number of aromatic amines is 1. The highest BCUT2D eigenvalue weighted by molar-refractivity contribution is 6.14. The zero-order valence-electron chi connectivity index (χ0n) is 16.3. The van der Waals surface area contributed by atoms with Crippen molar-refractivity contribution in [1.29, 1.82) is 5.41 Å². The first-order valence-electron chi connectivity index (χ1n) is 8.63. The number of aromatic nitrogens is 3. The van der Waals surface area contributed by atoms with Crippen LogP contribution in [0, 0.1) is 31.6 Å². The molecule has 0 bridgehead atoms. The highest BCUT2D eigenvalue weighted by Crippen LogP contribution is 2.20. The molecule has 0 atom stereocenters. The van der Waals surface area contributed by atoms with E-state index in [0.717, 1.165) is 33.6 Å². The quantitative estimate of drug-likeness (QED) is 0.318. The van der Waals surface area contributed by atoms with Crippen molar-refractivity contribution in [3.05, 3.63) is 76.9 Å². The van der Waals surface area contributed by atoms with Crippen LogP contribution in [0.5, 0.6) is 0 Å². The lowest BCUT2D eigenvalue weighted by molar-refractivity contribution is 1.09. The minimum absolute atomic E-state index is 0.364. The van der Waals surface area contributed by atoms with Gasteiger partial charge < -0.3 is 11.1 Å². The lowest BCUT2D eigenvalue weighted by Crippen LogP contribution is -2.05.